The van der Waals surface area contributed by atoms with E-state index >= 15 is 0 Å². The van der Waals surface area contributed by atoms with E-state index in [0.29, 0.717) is 19.4 Å². The molecule has 1 aliphatic rings. The maximum atomic E-state index is 12.3. The molecule has 0 spiro atoms. The lowest BCUT2D eigenvalue weighted by Gasteiger charge is -2.21. The molecular weight excluding hydrogens is 254 g/mol. The van der Waals surface area contributed by atoms with Gasteiger partial charge < -0.3 is 4.74 Å². The molecule has 0 aliphatic carbocycles. The molecule has 0 radical (unpaired) electrons. The number of amides is 2. The van der Waals surface area contributed by atoms with Crippen LogP contribution in [0, 0.1) is 5.92 Å². The van der Waals surface area contributed by atoms with E-state index in [0.717, 1.165) is 12.0 Å². The van der Waals surface area contributed by atoms with Crippen molar-refractivity contribution >= 4 is 12.0 Å². The zero-order chi connectivity index (χ0) is 14.5. The van der Waals surface area contributed by atoms with Crippen LogP contribution in [0.2, 0.25) is 0 Å². The van der Waals surface area contributed by atoms with E-state index in [1.807, 2.05) is 44.2 Å². The highest BCUT2D eigenvalue weighted by molar-refractivity contribution is 5.93. The third-order valence-electron chi connectivity index (χ3n) is 3.76. The predicted octanol–water partition coefficient (Wildman–Crippen LogP) is 3.01. The zero-order valence-corrected chi connectivity index (χ0v) is 12.0. The molecule has 1 aliphatic heterocycles. The molecule has 1 aromatic rings. The molecule has 1 aromatic carbocycles. The highest BCUT2D eigenvalue weighted by Crippen LogP contribution is 2.20. The quantitative estimate of drug-likeness (QED) is 0.830. The summed E-state index contributed by atoms with van der Waals surface area (Å²) >= 11 is 0. The van der Waals surface area contributed by atoms with Gasteiger partial charge in [0.05, 0.1) is 6.04 Å². The summed E-state index contributed by atoms with van der Waals surface area (Å²) in [6, 6.07) is 9.68. The normalized spacial score (nSPS) is 19.8. The van der Waals surface area contributed by atoms with Gasteiger partial charge >= 0.3 is 6.09 Å². The topological polar surface area (TPSA) is 46.6 Å². The average molecular weight is 275 g/mol. The molecule has 0 N–H and O–H groups in total. The second kappa shape index (κ2) is 6.55. The molecule has 0 bridgehead atoms. The minimum Gasteiger partial charge on any atom is -0.447 e. The van der Waals surface area contributed by atoms with Crippen LogP contribution in [0.15, 0.2) is 30.3 Å². The van der Waals surface area contributed by atoms with Crippen molar-refractivity contribution in [1.82, 2.24) is 4.90 Å². The summed E-state index contributed by atoms with van der Waals surface area (Å²) in [5.74, 6) is 0.163. The van der Waals surface area contributed by atoms with Crippen LogP contribution in [0.1, 0.15) is 32.3 Å². The Labute approximate surface area is 119 Å². The van der Waals surface area contributed by atoms with Crippen molar-refractivity contribution < 1.29 is 14.3 Å². The van der Waals surface area contributed by atoms with Crippen molar-refractivity contribution in [2.75, 3.05) is 6.61 Å². The van der Waals surface area contributed by atoms with Gasteiger partial charge in [-0.15, -0.1) is 0 Å². The first-order chi connectivity index (χ1) is 9.61. The molecule has 2 rings (SSSR count). The number of cyclic esters (lactones) is 1. The molecule has 108 valence electrons. The number of hydrogen-bond acceptors (Lipinski definition) is 3. The molecule has 20 heavy (non-hydrogen) atoms. The Hall–Kier alpha value is -1.84. The molecule has 4 nitrogen and oxygen atoms in total. The van der Waals surface area contributed by atoms with Crippen molar-refractivity contribution in [1.29, 1.82) is 0 Å². The molecule has 2 amide bonds. The summed E-state index contributed by atoms with van der Waals surface area (Å²) in [7, 11) is 0. The van der Waals surface area contributed by atoms with E-state index in [4.69, 9.17) is 4.74 Å². The standard InChI is InChI=1S/C16H21NO3/c1-3-12(2)9-15(18)17-14(11-20-16(17)19)10-13-7-5-4-6-8-13/h4-8,12,14H,3,9-11H2,1-2H3/t12-,14+/m0/s1. The minimum absolute atomic E-state index is 0.122. The average Bonchev–Trinajstić information content (AvgIpc) is 2.80. The molecule has 0 unspecified atom stereocenters. The fourth-order valence-corrected chi connectivity index (χ4v) is 2.34. The molecule has 0 aromatic heterocycles. The Balaban J connectivity index is 2.05. The van der Waals surface area contributed by atoms with Crippen molar-refractivity contribution in [3.8, 4) is 0 Å². The fourth-order valence-electron chi connectivity index (χ4n) is 2.34. The first-order valence-corrected chi connectivity index (χ1v) is 7.14. The van der Waals surface area contributed by atoms with E-state index in [1.165, 1.54) is 4.90 Å². The Bertz CT molecular complexity index is 472. The first-order valence-electron chi connectivity index (χ1n) is 7.14. The number of carbonyl (C=O) groups excluding carboxylic acids is 2. The first kappa shape index (κ1) is 14.6. The molecule has 1 fully saturated rings. The summed E-state index contributed by atoms with van der Waals surface area (Å²) in [5.41, 5.74) is 1.11. The smallest absolute Gasteiger partial charge is 0.416 e. The number of rotatable bonds is 5. The SMILES string of the molecule is CC[C@H](C)CC(=O)N1C(=O)OC[C@H]1Cc1ccccc1. The lowest BCUT2D eigenvalue weighted by molar-refractivity contribution is -0.130. The summed E-state index contributed by atoms with van der Waals surface area (Å²) in [6.45, 7) is 4.35. The molecule has 1 saturated heterocycles. The molecule has 2 atom stereocenters. The van der Waals surface area contributed by atoms with Gasteiger partial charge in [0.1, 0.15) is 6.61 Å². The van der Waals surface area contributed by atoms with Crippen LogP contribution in [0.25, 0.3) is 0 Å². The molecule has 0 saturated carbocycles. The summed E-state index contributed by atoms with van der Waals surface area (Å²) in [6.07, 6.45) is 1.48. The number of ether oxygens (including phenoxy) is 1. The van der Waals surface area contributed by atoms with Gasteiger partial charge in [0, 0.05) is 6.42 Å². The Morgan fingerprint density at radius 2 is 2.10 bits per heavy atom. The van der Waals surface area contributed by atoms with E-state index in [2.05, 4.69) is 0 Å². The van der Waals surface area contributed by atoms with Crippen molar-refractivity contribution in [2.24, 2.45) is 5.92 Å². The van der Waals surface area contributed by atoms with E-state index in [9.17, 15) is 9.59 Å². The van der Waals surface area contributed by atoms with Crippen LogP contribution < -0.4 is 0 Å². The van der Waals surface area contributed by atoms with Gasteiger partial charge in [0.25, 0.3) is 0 Å². The maximum absolute atomic E-state index is 12.3. The molecular formula is C16H21NO3. The lowest BCUT2D eigenvalue weighted by atomic mass is 10.0. The van der Waals surface area contributed by atoms with Crippen molar-refractivity contribution in [2.45, 2.75) is 39.2 Å². The van der Waals surface area contributed by atoms with Crippen LogP contribution in [0.3, 0.4) is 0 Å². The van der Waals surface area contributed by atoms with E-state index in [-0.39, 0.29) is 17.9 Å². The van der Waals surface area contributed by atoms with Crippen LogP contribution >= 0.6 is 0 Å². The Morgan fingerprint density at radius 1 is 1.40 bits per heavy atom. The fraction of sp³-hybridized carbons (Fsp3) is 0.500. The number of nitrogens with zero attached hydrogens (tertiary/aromatic N) is 1. The van der Waals surface area contributed by atoms with Crippen LogP contribution in [-0.2, 0) is 16.0 Å². The van der Waals surface area contributed by atoms with Crippen molar-refractivity contribution in [3.05, 3.63) is 35.9 Å². The maximum Gasteiger partial charge on any atom is 0.416 e. The van der Waals surface area contributed by atoms with Gasteiger partial charge in [-0.05, 0) is 17.9 Å². The zero-order valence-electron chi connectivity index (χ0n) is 12.0. The minimum atomic E-state index is -0.501. The molecule has 4 heteroatoms. The van der Waals surface area contributed by atoms with Crippen molar-refractivity contribution in [3.63, 3.8) is 0 Å². The largest absolute Gasteiger partial charge is 0.447 e. The highest BCUT2D eigenvalue weighted by atomic mass is 16.6. The lowest BCUT2D eigenvalue weighted by Crippen LogP contribution is -2.40. The van der Waals surface area contributed by atoms with Gasteiger partial charge in [-0.3, -0.25) is 4.79 Å². The van der Waals surface area contributed by atoms with Crippen LogP contribution in [-0.4, -0.2) is 29.5 Å². The Morgan fingerprint density at radius 3 is 2.75 bits per heavy atom. The number of carbonyl (C=O) groups is 2. The summed E-state index contributed by atoms with van der Waals surface area (Å²) in [4.78, 5) is 25.3. The summed E-state index contributed by atoms with van der Waals surface area (Å²) < 4.78 is 5.05. The Kier molecular flexibility index (Phi) is 4.77. The predicted molar refractivity (Wildman–Crippen MR) is 76.2 cm³/mol. The van der Waals surface area contributed by atoms with Crippen LogP contribution in [0.4, 0.5) is 4.79 Å². The second-order valence-electron chi connectivity index (χ2n) is 5.40. The number of benzene rings is 1. The van der Waals surface area contributed by atoms with E-state index in [1.54, 1.807) is 0 Å². The highest BCUT2D eigenvalue weighted by Gasteiger charge is 2.37. The number of imide groups is 1. The van der Waals surface area contributed by atoms with Gasteiger partial charge in [-0.2, -0.15) is 0 Å². The molecule has 1 heterocycles. The van der Waals surface area contributed by atoms with Gasteiger partial charge in [-0.25, -0.2) is 9.69 Å². The second-order valence-corrected chi connectivity index (χ2v) is 5.40. The van der Waals surface area contributed by atoms with Crippen LogP contribution in [0.5, 0.6) is 0 Å². The van der Waals surface area contributed by atoms with Gasteiger partial charge in [0.2, 0.25) is 5.91 Å². The summed E-state index contributed by atoms with van der Waals surface area (Å²) in [5, 5.41) is 0. The third-order valence-corrected chi connectivity index (χ3v) is 3.76. The monoisotopic (exact) mass is 275 g/mol. The van der Waals surface area contributed by atoms with Gasteiger partial charge in [-0.1, -0.05) is 50.6 Å². The van der Waals surface area contributed by atoms with Gasteiger partial charge in [0.15, 0.2) is 0 Å². The third kappa shape index (κ3) is 3.38. The number of hydrogen-bond donors (Lipinski definition) is 0. The van der Waals surface area contributed by atoms with E-state index < -0.39 is 6.09 Å².